The van der Waals surface area contributed by atoms with Crippen LogP contribution in [-0.2, 0) is 16.5 Å². The van der Waals surface area contributed by atoms with Gasteiger partial charge in [0, 0.05) is 0 Å². The van der Waals surface area contributed by atoms with Gasteiger partial charge in [-0.05, 0) is 30.5 Å². The summed E-state index contributed by atoms with van der Waals surface area (Å²) in [5.74, 6) is -0.428. The number of hydrogen-bond acceptors (Lipinski definition) is 4. The molecule has 0 aliphatic rings. The summed E-state index contributed by atoms with van der Waals surface area (Å²) in [7, 11) is -4.69. The predicted octanol–water partition coefficient (Wildman–Crippen LogP) is 2.10. The maximum absolute atomic E-state index is 12.1. The second-order valence-electron chi connectivity index (χ2n) is 6.64. The molecule has 148 valence electrons. The van der Waals surface area contributed by atoms with Crippen molar-refractivity contribution < 1.29 is 52.4 Å². The standard InChI is InChI=1S/C21H28O5S.Na/c1-2-3-4-5-6-7-9-12-17-15-16-19(22)21(27(23,24)25)20(17)26-18-13-10-8-11-14-18;/h8,10-11,13-16,22H,2-7,9,12H2,1H3,(H,23,24,25);/q;+1/p-1. The van der Waals surface area contributed by atoms with Crippen molar-refractivity contribution in [3.05, 3.63) is 48.0 Å². The van der Waals surface area contributed by atoms with Gasteiger partial charge in [-0.3, -0.25) is 4.55 Å². The molecule has 2 aromatic rings. The molecule has 0 fully saturated rings. The number of benzene rings is 2. The monoisotopic (exact) mass is 414 g/mol. The van der Waals surface area contributed by atoms with E-state index in [-0.39, 0.29) is 35.3 Å². The maximum Gasteiger partial charge on any atom is 1.00 e. The van der Waals surface area contributed by atoms with Gasteiger partial charge in [0.1, 0.15) is 10.6 Å². The van der Waals surface area contributed by atoms with Crippen molar-refractivity contribution in [1.29, 1.82) is 0 Å². The van der Waals surface area contributed by atoms with Crippen LogP contribution in [0.5, 0.6) is 17.2 Å². The number of rotatable bonds is 11. The first kappa shape index (κ1) is 25.0. The third kappa shape index (κ3) is 7.76. The van der Waals surface area contributed by atoms with E-state index in [9.17, 15) is 18.1 Å². The minimum Gasteiger partial charge on any atom is -0.871 e. The average Bonchev–Trinajstić information content (AvgIpc) is 2.62. The Kier molecular flexibility index (Phi) is 11.2. The number of aryl methyl sites for hydroxylation is 1. The van der Waals surface area contributed by atoms with Gasteiger partial charge in [-0.25, -0.2) is 0 Å². The average molecular weight is 414 g/mol. The fourth-order valence-electron chi connectivity index (χ4n) is 3.02. The van der Waals surface area contributed by atoms with Crippen LogP contribution >= 0.6 is 0 Å². The molecule has 1 N–H and O–H groups in total. The van der Waals surface area contributed by atoms with Crippen LogP contribution in [0.3, 0.4) is 0 Å². The molecule has 2 rings (SSSR count). The van der Waals surface area contributed by atoms with Gasteiger partial charge in [0.05, 0.1) is 0 Å². The van der Waals surface area contributed by atoms with Crippen molar-refractivity contribution in [1.82, 2.24) is 0 Å². The molecular formula is C21H27NaO5S. The fourth-order valence-corrected chi connectivity index (χ4v) is 3.75. The molecule has 0 amide bonds. The van der Waals surface area contributed by atoms with Crippen molar-refractivity contribution in [2.45, 2.75) is 63.2 Å². The molecule has 5 nitrogen and oxygen atoms in total. The molecule has 0 aliphatic carbocycles. The minimum atomic E-state index is -4.69. The Labute approximate surface area is 190 Å². The number of hydrogen-bond donors (Lipinski definition) is 1. The van der Waals surface area contributed by atoms with Crippen molar-refractivity contribution in [2.24, 2.45) is 0 Å². The number of ether oxygens (including phenoxy) is 1. The van der Waals surface area contributed by atoms with Crippen molar-refractivity contribution >= 4 is 10.1 Å². The maximum atomic E-state index is 12.1. The van der Waals surface area contributed by atoms with E-state index >= 15 is 0 Å². The zero-order valence-corrected chi connectivity index (χ0v) is 19.5. The van der Waals surface area contributed by atoms with E-state index in [2.05, 4.69) is 6.92 Å². The van der Waals surface area contributed by atoms with Crippen LogP contribution in [0.25, 0.3) is 0 Å². The van der Waals surface area contributed by atoms with Crippen LogP contribution in [0, 0.1) is 0 Å². The molecule has 0 unspecified atom stereocenters. The fraction of sp³-hybridized carbons (Fsp3) is 0.429. The van der Waals surface area contributed by atoms with Crippen molar-refractivity contribution in [2.75, 3.05) is 0 Å². The second-order valence-corrected chi connectivity index (χ2v) is 8.00. The molecule has 0 saturated heterocycles. The van der Waals surface area contributed by atoms with Gasteiger partial charge in [0.25, 0.3) is 10.1 Å². The normalized spacial score (nSPS) is 11.1. The molecule has 7 heteroatoms. The third-order valence-electron chi connectivity index (χ3n) is 4.43. The van der Waals surface area contributed by atoms with Gasteiger partial charge >= 0.3 is 29.6 Å². The van der Waals surface area contributed by atoms with Crippen LogP contribution in [0.15, 0.2) is 47.4 Å². The summed E-state index contributed by atoms with van der Waals surface area (Å²) < 4.78 is 38.8. The number of unbranched alkanes of at least 4 members (excludes halogenated alkanes) is 6. The SMILES string of the molecule is CCCCCCCCCc1ccc([O-])c(S(=O)(=O)O)c1Oc1ccccc1.[Na+]. The zero-order valence-electron chi connectivity index (χ0n) is 16.7. The smallest absolute Gasteiger partial charge is 0.871 e. The van der Waals surface area contributed by atoms with Crippen LogP contribution < -0.4 is 39.4 Å². The van der Waals surface area contributed by atoms with Crippen molar-refractivity contribution in [3.63, 3.8) is 0 Å². The molecule has 0 aliphatic heterocycles. The summed E-state index contributed by atoms with van der Waals surface area (Å²) >= 11 is 0. The quantitative estimate of drug-likeness (QED) is 0.346. The van der Waals surface area contributed by atoms with Crippen LogP contribution in [0.4, 0.5) is 0 Å². The van der Waals surface area contributed by atoms with Gasteiger partial charge in [-0.1, -0.05) is 81.5 Å². The summed E-state index contributed by atoms with van der Waals surface area (Å²) in [6.45, 7) is 2.18. The molecule has 0 aromatic heterocycles. The van der Waals surface area contributed by atoms with E-state index in [1.54, 1.807) is 36.4 Å². The zero-order chi connectivity index (χ0) is 19.7. The Morgan fingerprint density at radius 1 is 0.929 bits per heavy atom. The molecule has 2 aromatic carbocycles. The van der Waals surface area contributed by atoms with E-state index in [1.165, 1.54) is 31.7 Å². The Morgan fingerprint density at radius 2 is 1.54 bits per heavy atom. The minimum absolute atomic E-state index is 0. The predicted molar refractivity (Wildman–Crippen MR) is 104 cm³/mol. The molecule has 0 atom stereocenters. The van der Waals surface area contributed by atoms with Gasteiger partial charge in [-0.15, -0.1) is 0 Å². The summed E-state index contributed by atoms with van der Waals surface area (Å²) in [5.41, 5.74) is 0.611. The molecule has 28 heavy (non-hydrogen) atoms. The van der Waals surface area contributed by atoms with Crippen molar-refractivity contribution in [3.8, 4) is 17.2 Å². The van der Waals surface area contributed by atoms with Gasteiger partial charge in [-0.2, -0.15) is 8.42 Å². The summed E-state index contributed by atoms with van der Waals surface area (Å²) in [6.07, 6.45) is 8.47. The Morgan fingerprint density at radius 3 is 2.14 bits per heavy atom. The second kappa shape index (κ2) is 12.5. The molecule has 0 bridgehead atoms. The first-order valence-corrected chi connectivity index (χ1v) is 10.9. The molecule has 0 spiro atoms. The first-order valence-electron chi connectivity index (χ1n) is 9.46. The Hall–Kier alpha value is -1.05. The van der Waals surface area contributed by atoms with Gasteiger partial charge in [0.2, 0.25) is 0 Å². The topological polar surface area (TPSA) is 86.7 Å². The molecule has 0 heterocycles. The molecule has 0 saturated carbocycles. The van der Waals surface area contributed by atoms with E-state index in [1.807, 2.05) is 0 Å². The third-order valence-corrected chi connectivity index (χ3v) is 5.33. The van der Waals surface area contributed by atoms with E-state index in [0.29, 0.717) is 17.7 Å². The van der Waals surface area contributed by atoms with Crippen LogP contribution in [0.1, 0.15) is 57.4 Å². The summed E-state index contributed by atoms with van der Waals surface area (Å²) in [6, 6.07) is 11.4. The van der Waals surface area contributed by atoms with E-state index < -0.39 is 20.8 Å². The van der Waals surface area contributed by atoms with Crippen LogP contribution in [-0.4, -0.2) is 13.0 Å². The molecule has 0 radical (unpaired) electrons. The van der Waals surface area contributed by atoms with Gasteiger partial charge in [0.15, 0.2) is 5.75 Å². The largest absolute Gasteiger partial charge is 1.00 e. The summed E-state index contributed by atoms with van der Waals surface area (Å²) in [5, 5.41) is 12.1. The van der Waals surface area contributed by atoms with Gasteiger partial charge < -0.3 is 9.84 Å². The molecular weight excluding hydrogens is 387 g/mol. The van der Waals surface area contributed by atoms with E-state index in [0.717, 1.165) is 19.3 Å². The Bertz CT molecular complexity index is 822. The Balaban J connectivity index is 0.00000392. The van der Waals surface area contributed by atoms with E-state index in [4.69, 9.17) is 4.74 Å². The first-order chi connectivity index (χ1) is 12.9. The summed E-state index contributed by atoms with van der Waals surface area (Å²) in [4.78, 5) is -0.688. The van der Waals surface area contributed by atoms with Crippen LogP contribution in [0.2, 0.25) is 0 Å². The number of para-hydroxylation sites is 1.